The Labute approximate surface area is 269 Å². The summed E-state index contributed by atoms with van der Waals surface area (Å²) < 4.78 is 40.0. The lowest BCUT2D eigenvalue weighted by Crippen LogP contribution is -2.25. The molecule has 10 heteroatoms. The maximum atomic E-state index is 15.4. The predicted molar refractivity (Wildman–Crippen MR) is 169 cm³/mol. The number of esters is 2. The van der Waals surface area contributed by atoms with E-state index in [0.717, 1.165) is 0 Å². The summed E-state index contributed by atoms with van der Waals surface area (Å²) in [6, 6.07) is 7.72. The van der Waals surface area contributed by atoms with E-state index in [9.17, 15) is 23.6 Å². The van der Waals surface area contributed by atoms with Crippen molar-refractivity contribution in [3.05, 3.63) is 93.3 Å². The highest BCUT2D eigenvalue weighted by Crippen LogP contribution is 2.43. The van der Waals surface area contributed by atoms with E-state index in [1.165, 1.54) is 26.4 Å². The molecule has 0 aromatic heterocycles. The van der Waals surface area contributed by atoms with Crippen molar-refractivity contribution in [3.8, 4) is 0 Å². The van der Waals surface area contributed by atoms with E-state index in [1.807, 2.05) is 0 Å². The van der Waals surface area contributed by atoms with Gasteiger partial charge in [-0.3, -0.25) is 19.2 Å². The van der Waals surface area contributed by atoms with Crippen LogP contribution < -0.4 is 0 Å². The number of ether oxygens (including phenoxy) is 2. The number of rotatable bonds is 10. The van der Waals surface area contributed by atoms with Gasteiger partial charge in [-0.1, -0.05) is 18.2 Å². The molecule has 2 aliphatic rings. The van der Waals surface area contributed by atoms with Crippen LogP contribution >= 0.6 is 0 Å². The van der Waals surface area contributed by atoms with Crippen molar-refractivity contribution in [1.29, 1.82) is 0 Å². The maximum Gasteiger partial charge on any atom is 0.313 e. The molecule has 46 heavy (non-hydrogen) atoms. The summed E-state index contributed by atoms with van der Waals surface area (Å²) >= 11 is 0. The minimum atomic E-state index is -0.875. The van der Waals surface area contributed by atoms with Gasteiger partial charge in [-0.15, -0.1) is 0 Å². The lowest BCUT2D eigenvalue weighted by Gasteiger charge is -2.26. The normalized spacial score (nSPS) is 21.1. The third-order valence-corrected chi connectivity index (χ3v) is 9.11. The minimum Gasteiger partial charge on any atom is -0.469 e. The molecule has 2 saturated carbocycles. The van der Waals surface area contributed by atoms with Gasteiger partial charge in [-0.25, -0.2) is 8.78 Å². The Balaban J connectivity index is 1.62. The van der Waals surface area contributed by atoms with E-state index in [4.69, 9.17) is 9.47 Å². The molecule has 0 saturated heterocycles. The summed E-state index contributed by atoms with van der Waals surface area (Å²) in [7, 11) is 7.91. The Morgan fingerprint density at radius 1 is 0.891 bits per heavy atom. The number of methoxy groups -OCH3 is 2. The van der Waals surface area contributed by atoms with Gasteiger partial charge in [0.2, 0.25) is 0 Å². The van der Waals surface area contributed by atoms with Gasteiger partial charge >= 0.3 is 11.9 Å². The predicted octanol–water partition coefficient (Wildman–Crippen LogP) is 5.51. The van der Waals surface area contributed by atoms with Crippen molar-refractivity contribution >= 4 is 23.5 Å². The zero-order chi connectivity index (χ0) is 33.9. The molecule has 8 nitrogen and oxygen atoms in total. The Kier molecular flexibility index (Phi) is 10.8. The van der Waals surface area contributed by atoms with Crippen molar-refractivity contribution in [1.82, 2.24) is 9.80 Å². The summed E-state index contributed by atoms with van der Waals surface area (Å²) in [6.07, 6.45) is 4.53. The van der Waals surface area contributed by atoms with Crippen molar-refractivity contribution < 1.29 is 37.4 Å². The van der Waals surface area contributed by atoms with Crippen molar-refractivity contribution in [3.63, 3.8) is 0 Å². The lowest BCUT2D eigenvalue weighted by molar-refractivity contribution is -0.144. The Hall–Kier alpha value is -4.34. The molecule has 4 unspecified atom stereocenters. The molecule has 0 N–H and O–H groups in total. The van der Waals surface area contributed by atoms with Crippen LogP contribution in [0.3, 0.4) is 0 Å². The van der Waals surface area contributed by atoms with Gasteiger partial charge in [0.15, 0.2) is 11.6 Å². The van der Waals surface area contributed by atoms with Gasteiger partial charge in [0.1, 0.15) is 11.6 Å². The number of benzene rings is 2. The Morgan fingerprint density at radius 2 is 1.54 bits per heavy atom. The summed E-state index contributed by atoms with van der Waals surface area (Å²) in [5.41, 5.74) is 3.18. The Morgan fingerprint density at radius 3 is 2.20 bits per heavy atom. The number of halogens is 2. The summed E-state index contributed by atoms with van der Waals surface area (Å²) in [5.74, 6) is -4.74. The molecule has 2 aromatic carbocycles. The number of allylic oxidation sites excluding steroid dienone is 2. The minimum absolute atomic E-state index is 0.0465. The van der Waals surface area contributed by atoms with E-state index in [-0.39, 0.29) is 31.0 Å². The van der Waals surface area contributed by atoms with Crippen LogP contribution in [0.2, 0.25) is 0 Å². The highest BCUT2D eigenvalue weighted by Gasteiger charge is 2.42. The number of hydrogen-bond acceptors (Lipinski definition) is 8. The topological polar surface area (TPSA) is 93.2 Å². The first kappa shape index (κ1) is 34.5. The SMILES string of the molecule is COC(=O)C(c1cccc(F)c1C)C1CC(=O)/C(=C\N(C)Cc2cc(F)c(C)c(C(C(=O)OC)C3CCC(=O)/C3=C/N(C)C)c2)C1. The largest absolute Gasteiger partial charge is 0.469 e. The second-order valence-electron chi connectivity index (χ2n) is 12.5. The first-order valence-corrected chi connectivity index (χ1v) is 15.3. The molecule has 0 amide bonds. The van der Waals surface area contributed by atoms with Crippen LogP contribution in [0.15, 0.2) is 53.9 Å². The highest BCUT2D eigenvalue weighted by molar-refractivity contribution is 6.00. The van der Waals surface area contributed by atoms with Gasteiger partial charge in [0.25, 0.3) is 0 Å². The molecule has 2 fully saturated rings. The standard InChI is InChI=1S/C36H42F2N2O6/c1-20-25(9-8-10-29(20)37)33(35(43)45-6)23-15-24(32(42)16-23)18-40(5)17-22-13-27(21(2)30(38)14-22)34(36(44)46-7)26-11-12-31(41)28(26)19-39(3)4/h8-10,13-14,18-19,23,26,33-34H,11-12,15-17H2,1-7H3/b24-18-,28-19+. The third-order valence-electron chi connectivity index (χ3n) is 9.11. The van der Waals surface area contributed by atoms with Gasteiger partial charge in [-0.2, -0.15) is 0 Å². The fraction of sp³-hybridized carbons (Fsp3) is 0.444. The molecule has 246 valence electrons. The van der Waals surface area contributed by atoms with E-state index in [2.05, 4.69) is 0 Å². The van der Waals surface area contributed by atoms with Crippen LogP contribution in [0.25, 0.3) is 0 Å². The number of carbonyl (C=O) groups excluding carboxylic acids is 4. The molecule has 4 rings (SSSR count). The molecule has 0 bridgehead atoms. The lowest BCUT2D eigenvalue weighted by atomic mass is 9.80. The van der Waals surface area contributed by atoms with Crippen molar-refractivity contribution in [2.24, 2.45) is 11.8 Å². The zero-order valence-electron chi connectivity index (χ0n) is 27.5. The van der Waals surface area contributed by atoms with Gasteiger partial charge < -0.3 is 19.3 Å². The van der Waals surface area contributed by atoms with Crippen LogP contribution in [0.5, 0.6) is 0 Å². The molecule has 0 heterocycles. The van der Waals surface area contributed by atoms with Gasteiger partial charge in [-0.05, 0) is 72.6 Å². The van der Waals surface area contributed by atoms with Crippen LogP contribution in [-0.4, -0.2) is 68.7 Å². The first-order chi connectivity index (χ1) is 21.8. The Bertz CT molecular complexity index is 1600. The molecule has 0 spiro atoms. The summed E-state index contributed by atoms with van der Waals surface area (Å²) in [6.45, 7) is 3.43. The van der Waals surface area contributed by atoms with E-state index in [0.29, 0.717) is 51.8 Å². The quantitative estimate of drug-likeness (QED) is 0.249. The average Bonchev–Trinajstić information content (AvgIpc) is 3.53. The number of Topliss-reactive ketones (excluding diaryl/α,β-unsaturated/α-hetero) is 2. The zero-order valence-corrected chi connectivity index (χ0v) is 27.5. The first-order valence-electron chi connectivity index (χ1n) is 15.3. The van der Waals surface area contributed by atoms with Gasteiger partial charge in [0, 0.05) is 70.0 Å². The van der Waals surface area contributed by atoms with E-state index >= 15 is 4.39 Å². The highest BCUT2D eigenvalue weighted by atomic mass is 19.1. The second-order valence-corrected chi connectivity index (χ2v) is 12.5. The number of hydrogen-bond donors (Lipinski definition) is 0. The van der Waals surface area contributed by atoms with Crippen LogP contribution in [-0.2, 0) is 35.2 Å². The summed E-state index contributed by atoms with van der Waals surface area (Å²) in [4.78, 5) is 55.5. The molecular weight excluding hydrogens is 594 g/mol. The number of ketones is 2. The fourth-order valence-electron chi connectivity index (χ4n) is 6.85. The van der Waals surface area contributed by atoms with E-state index in [1.54, 1.807) is 75.4 Å². The van der Waals surface area contributed by atoms with Crippen LogP contribution in [0, 0.1) is 37.3 Å². The maximum absolute atomic E-state index is 15.4. The molecular formula is C36H42F2N2O6. The molecule has 2 aliphatic carbocycles. The van der Waals surface area contributed by atoms with Crippen LogP contribution in [0.1, 0.15) is 65.3 Å². The number of carbonyl (C=O) groups is 4. The van der Waals surface area contributed by atoms with Crippen molar-refractivity contribution in [2.75, 3.05) is 35.4 Å². The summed E-state index contributed by atoms with van der Waals surface area (Å²) in [5, 5.41) is 0. The molecule has 2 aromatic rings. The van der Waals surface area contributed by atoms with E-state index < -0.39 is 47.2 Å². The average molecular weight is 637 g/mol. The fourth-order valence-corrected chi connectivity index (χ4v) is 6.85. The molecule has 4 atom stereocenters. The molecule has 0 aliphatic heterocycles. The van der Waals surface area contributed by atoms with Gasteiger partial charge in [0.05, 0.1) is 26.1 Å². The smallest absolute Gasteiger partial charge is 0.313 e. The number of nitrogens with zero attached hydrogens (tertiary/aromatic N) is 2. The second kappa shape index (κ2) is 14.4. The van der Waals surface area contributed by atoms with Crippen LogP contribution in [0.4, 0.5) is 8.78 Å². The molecule has 0 radical (unpaired) electrons. The monoisotopic (exact) mass is 636 g/mol. The van der Waals surface area contributed by atoms with Crippen molar-refractivity contribution in [2.45, 2.75) is 57.9 Å². The third kappa shape index (κ3) is 7.21.